The molecular weight excluding hydrogens is 597 g/mol. The Morgan fingerprint density at radius 1 is 1.24 bits per heavy atom. The van der Waals surface area contributed by atoms with Gasteiger partial charge in [-0.1, -0.05) is 11.3 Å². The van der Waals surface area contributed by atoms with Crippen LogP contribution in [0.25, 0.3) is 10.9 Å². The third-order valence-corrected chi connectivity index (χ3v) is 9.97. The molecule has 2 N–H and O–H groups in total. The van der Waals surface area contributed by atoms with Crippen LogP contribution in [-0.2, 0) is 21.6 Å². The summed E-state index contributed by atoms with van der Waals surface area (Å²) >= 11 is 0. The molecule has 0 radical (unpaired) electrons. The molecule has 4 aliphatic rings. The molecule has 4 aliphatic heterocycles. The van der Waals surface area contributed by atoms with Crippen LogP contribution >= 0.6 is 0 Å². The molecule has 13 nitrogen and oxygen atoms in total. The van der Waals surface area contributed by atoms with Gasteiger partial charge in [0.25, 0.3) is 5.56 Å². The lowest BCUT2D eigenvalue weighted by Crippen LogP contribution is -2.61. The van der Waals surface area contributed by atoms with Crippen molar-refractivity contribution in [1.29, 1.82) is 0 Å². The molecule has 0 amide bonds. The van der Waals surface area contributed by atoms with E-state index in [0.29, 0.717) is 23.3 Å². The predicted octanol–water partition coefficient (Wildman–Crippen LogP) is 1.96. The monoisotopic (exact) mass is 633 g/mol. The summed E-state index contributed by atoms with van der Waals surface area (Å²) in [6, 6.07) is 7.65. The highest BCUT2D eigenvalue weighted by atomic mass is 19.1. The number of aromatic amines is 1. The molecule has 3 aromatic heterocycles. The minimum absolute atomic E-state index is 0.0212. The summed E-state index contributed by atoms with van der Waals surface area (Å²) in [6.07, 6.45) is 5.64. The SMILES string of the molecule is C=CC1CN2CCC1CC2C(OC)(c1cn(CC2OC(n3cc(F)c(=O)[nH]c3=O)CC2O)nn1)c1ccnc2ccc(OC)cc12. The van der Waals surface area contributed by atoms with E-state index < -0.39 is 41.1 Å². The van der Waals surface area contributed by atoms with Crippen molar-refractivity contribution in [2.75, 3.05) is 27.3 Å². The first-order valence-electron chi connectivity index (χ1n) is 15.4. The second kappa shape index (κ2) is 11.8. The molecule has 46 heavy (non-hydrogen) atoms. The fourth-order valence-electron chi connectivity index (χ4n) is 7.64. The van der Waals surface area contributed by atoms with Gasteiger partial charge in [-0.3, -0.25) is 24.2 Å². The highest BCUT2D eigenvalue weighted by Gasteiger charge is 2.54. The van der Waals surface area contributed by atoms with Gasteiger partial charge in [-0.25, -0.2) is 9.48 Å². The quantitative estimate of drug-likeness (QED) is 0.262. The summed E-state index contributed by atoms with van der Waals surface area (Å²) in [5.41, 5.74) is -0.731. The number of rotatable bonds is 9. The summed E-state index contributed by atoms with van der Waals surface area (Å²) in [5, 5.41) is 20.8. The standard InChI is InChI=1S/C32H36FN7O6/c1-4-18-14-38-10-8-19(18)11-28(38)32(45-3,22-7-9-34-24-6-5-20(44-2)12-21(22)24)27-17-39(37-36-27)16-26-25(41)13-29(46-26)40-15-23(33)30(42)35-31(40)43/h4-7,9,12,15,17-19,25-26,28-29,41H,1,8,10-11,13-14,16H2,2-3H3,(H,35,42,43). The number of H-pyrrole nitrogens is 1. The maximum Gasteiger partial charge on any atom is 0.330 e. The lowest BCUT2D eigenvalue weighted by atomic mass is 9.68. The maximum absolute atomic E-state index is 14.0. The minimum atomic E-state index is -1.12. The van der Waals surface area contributed by atoms with Gasteiger partial charge < -0.3 is 19.3 Å². The zero-order valence-electron chi connectivity index (χ0n) is 25.6. The number of nitrogens with one attached hydrogen (secondary N) is 1. The molecule has 2 bridgehead atoms. The average molecular weight is 634 g/mol. The molecule has 4 aromatic rings. The van der Waals surface area contributed by atoms with Crippen molar-refractivity contribution in [1.82, 2.24) is 34.4 Å². The van der Waals surface area contributed by atoms with Crippen LogP contribution in [0.4, 0.5) is 4.39 Å². The molecule has 0 aliphatic carbocycles. The van der Waals surface area contributed by atoms with Crippen LogP contribution in [0.1, 0.15) is 36.7 Å². The van der Waals surface area contributed by atoms with E-state index in [-0.39, 0.29) is 19.0 Å². The zero-order chi connectivity index (χ0) is 32.2. The normalized spacial score (nSPS) is 28.7. The van der Waals surface area contributed by atoms with E-state index >= 15 is 0 Å². The van der Waals surface area contributed by atoms with Crippen molar-refractivity contribution >= 4 is 10.9 Å². The third-order valence-electron chi connectivity index (χ3n) is 9.97. The van der Waals surface area contributed by atoms with Crippen molar-refractivity contribution in [3.8, 4) is 5.75 Å². The number of fused-ring (bicyclic) bond motifs is 4. The molecule has 4 saturated heterocycles. The highest BCUT2D eigenvalue weighted by Crippen LogP contribution is 2.49. The van der Waals surface area contributed by atoms with Crippen LogP contribution in [-0.4, -0.2) is 85.1 Å². The van der Waals surface area contributed by atoms with Crippen LogP contribution in [0.3, 0.4) is 0 Å². The first-order chi connectivity index (χ1) is 22.2. The van der Waals surface area contributed by atoms with Crippen LogP contribution in [0.5, 0.6) is 5.75 Å². The Bertz CT molecular complexity index is 1890. The number of aliphatic hydroxyl groups is 1. The minimum Gasteiger partial charge on any atom is -0.497 e. The molecule has 0 saturated carbocycles. The smallest absolute Gasteiger partial charge is 0.330 e. The summed E-state index contributed by atoms with van der Waals surface area (Å²) < 4.78 is 34.7. The van der Waals surface area contributed by atoms with E-state index in [1.54, 1.807) is 31.3 Å². The molecule has 0 spiro atoms. The number of aliphatic hydroxyl groups excluding tert-OH is 1. The van der Waals surface area contributed by atoms with Gasteiger partial charge >= 0.3 is 5.69 Å². The van der Waals surface area contributed by atoms with E-state index in [1.165, 1.54) is 0 Å². The van der Waals surface area contributed by atoms with Gasteiger partial charge in [0.05, 0.1) is 37.7 Å². The number of methoxy groups -OCH3 is 2. The van der Waals surface area contributed by atoms with Gasteiger partial charge in [-0.05, 0) is 55.5 Å². The second-order valence-electron chi connectivity index (χ2n) is 12.3. The van der Waals surface area contributed by atoms with Gasteiger partial charge in [0.1, 0.15) is 23.8 Å². The number of nitrogens with zero attached hydrogens (tertiary/aromatic N) is 6. The number of ether oxygens (including phenoxy) is 3. The van der Waals surface area contributed by atoms with E-state index in [2.05, 4.69) is 32.9 Å². The molecule has 8 rings (SSSR count). The molecule has 8 unspecified atom stereocenters. The summed E-state index contributed by atoms with van der Waals surface area (Å²) in [6.45, 7) is 5.97. The molecule has 7 heterocycles. The Labute approximate surface area is 263 Å². The Kier molecular flexibility index (Phi) is 7.83. The zero-order valence-corrected chi connectivity index (χ0v) is 25.6. The molecule has 8 atom stereocenters. The molecule has 242 valence electrons. The topological polar surface area (TPSA) is 150 Å². The van der Waals surface area contributed by atoms with Gasteiger partial charge in [-0.15, -0.1) is 11.7 Å². The van der Waals surface area contributed by atoms with Crippen molar-refractivity contribution in [2.24, 2.45) is 11.8 Å². The van der Waals surface area contributed by atoms with Crippen molar-refractivity contribution < 1.29 is 23.7 Å². The van der Waals surface area contributed by atoms with Crippen molar-refractivity contribution in [3.05, 3.63) is 93.4 Å². The Balaban J connectivity index is 1.26. The van der Waals surface area contributed by atoms with Crippen LogP contribution in [0, 0.1) is 17.7 Å². The summed E-state index contributed by atoms with van der Waals surface area (Å²) in [7, 11) is 3.32. The van der Waals surface area contributed by atoms with Crippen molar-refractivity contribution in [2.45, 2.75) is 55.9 Å². The summed E-state index contributed by atoms with van der Waals surface area (Å²) in [5.74, 6) is 0.406. The number of piperidine rings is 3. The van der Waals surface area contributed by atoms with Crippen LogP contribution in [0.2, 0.25) is 0 Å². The fraction of sp³-hybridized carbons (Fsp3) is 0.469. The lowest BCUT2D eigenvalue weighted by molar-refractivity contribution is -0.108. The molecule has 14 heteroatoms. The van der Waals surface area contributed by atoms with Gasteiger partial charge in [-0.2, -0.15) is 4.39 Å². The van der Waals surface area contributed by atoms with E-state index in [4.69, 9.17) is 14.2 Å². The van der Waals surface area contributed by atoms with E-state index in [9.17, 15) is 19.1 Å². The van der Waals surface area contributed by atoms with Gasteiger partial charge in [0, 0.05) is 43.3 Å². The van der Waals surface area contributed by atoms with Gasteiger partial charge in [0.15, 0.2) is 5.60 Å². The van der Waals surface area contributed by atoms with Crippen LogP contribution in [0.15, 0.2) is 65.1 Å². The maximum atomic E-state index is 14.0. The molecular formula is C32H36FN7O6. The molecule has 1 aromatic carbocycles. The first-order valence-corrected chi connectivity index (χ1v) is 15.4. The Morgan fingerprint density at radius 3 is 2.83 bits per heavy atom. The molecule has 4 fully saturated rings. The average Bonchev–Trinajstić information content (AvgIpc) is 3.70. The number of benzene rings is 1. The third kappa shape index (κ3) is 4.96. The second-order valence-corrected chi connectivity index (χ2v) is 12.3. The highest BCUT2D eigenvalue weighted by molar-refractivity contribution is 5.85. The Hall–Kier alpha value is -4.24. The first kappa shape index (κ1) is 30.4. The number of aromatic nitrogens is 6. The predicted molar refractivity (Wildman–Crippen MR) is 164 cm³/mol. The largest absolute Gasteiger partial charge is 0.497 e. The van der Waals surface area contributed by atoms with E-state index in [1.807, 2.05) is 29.2 Å². The van der Waals surface area contributed by atoms with E-state index in [0.717, 1.165) is 53.2 Å². The number of hydrogen-bond acceptors (Lipinski definition) is 10. The lowest BCUT2D eigenvalue weighted by Gasteiger charge is -2.55. The van der Waals surface area contributed by atoms with Crippen molar-refractivity contribution in [3.63, 3.8) is 0 Å². The van der Waals surface area contributed by atoms with Crippen LogP contribution < -0.4 is 16.0 Å². The summed E-state index contributed by atoms with van der Waals surface area (Å²) in [4.78, 5) is 32.8. The van der Waals surface area contributed by atoms with Gasteiger partial charge in [0.2, 0.25) is 5.82 Å². The number of halogens is 1. The Morgan fingerprint density at radius 2 is 2.09 bits per heavy atom. The number of pyridine rings is 1. The number of hydrogen-bond donors (Lipinski definition) is 2. The fourth-order valence-corrected chi connectivity index (χ4v) is 7.64.